The Hall–Kier alpha value is -1.10. The van der Waals surface area contributed by atoms with Gasteiger partial charge in [-0.15, -0.1) is 0 Å². The monoisotopic (exact) mass is 255 g/mol. The first-order valence-corrected chi connectivity index (χ1v) is 5.81. The lowest BCUT2D eigenvalue weighted by molar-refractivity contribution is 0.0264. The summed E-state index contributed by atoms with van der Waals surface area (Å²) in [4.78, 5) is 11.7. The first-order valence-electron chi connectivity index (χ1n) is 5.43. The second kappa shape index (κ2) is 5.04. The molecule has 0 bridgehead atoms. The van der Waals surface area contributed by atoms with Crippen molar-refractivity contribution in [1.29, 1.82) is 0 Å². The fourth-order valence-corrected chi connectivity index (χ4v) is 1.81. The molecule has 1 aromatic rings. The molecule has 17 heavy (non-hydrogen) atoms. The number of rotatable bonds is 3. The van der Waals surface area contributed by atoms with E-state index >= 15 is 0 Å². The number of ether oxygens (including phenoxy) is 1. The molecule has 0 saturated carbocycles. The van der Waals surface area contributed by atoms with Crippen LogP contribution < -0.4 is 5.32 Å². The van der Waals surface area contributed by atoms with Gasteiger partial charge in [-0.2, -0.15) is 0 Å². The van der Waals surface area contributed by atoms with Crippen molar-refractivity contribution >= 4 is 17.5 Å². The minimum Gasteiger partial charge on any atom is -0.386 e. The number of benzene rings is 1. The maximum absolute atomic E-state index is 11.7. The van der Waals surface area contributed by atoms with E-state index in [-0.39, 0.29) is 19.1 Å². The zero-order valence-corrected chi connectivity index (χ0v) is 10.0. The van der Waals surface area contributed by atoms with E-state index in [2.05, 4.69) is 5.32 Å². The number of carbonyl (C=O) groups is 1. The van der Waals surface area contributed by atoms with Gasteiger partial charge in [-0.3, -0.25) is 4.79 Å². The molecule has 5 heteroatoms. The second-order valence-corrected chi connectivity index (χ2v) is 4.65. The van der Waals surface area contributed by atoms with Gasteiger partial charge in [-0.25, -0.2) is 0 Å². The molecule has 1 atom stereocenters. The van der Waals surface area contributed by atoms with Crippen molar-refractivity contribution in [1.82, 2.24) is 5.32 Å². The van der Waals surface area contributed by atoms with Gasteiger partial charge in [0, 0.05) is 30.2 Å². The Balaban J connectivity index is 1.91. The van der Waals surface area contributed by atoms with Gasteiger partial charge in [-0.1, -0.05) is 11.6 Å². The lowest BCUT2D eigenvalue weighted by atomic mass is 10.0. The first-order chi connectivity index (χ1) is 8.09. The van der Waals surface area contributed by atoms with Gasteiger partial charge in [0.2, 0.25) is 0 Å². The SMILES string of the molecule is O=C(NC[C@@]1(O)CCOC1)c1ccc(Cl)cc1. The summed E-state index contributed by atoms with van der Waals surface area (Å²) in [6, 6.07) is 6.60. The van der Waals surface area contributed by atoms with Crippen LogP contribution in [0.5, 0.6) is 0 Å². The quantitative estimate of drug-likeness (QED) is 0.854. The third-order valence-electron chi connectivity index (χ3n) is 2.77. The zero-order valence-electron chi connectivity index (χ0n) is 9.28. The van der Waals surface area contributed by atoms with E-state index in [0.717, 1.165) is 0 Å². The molecule has 0 radical (unpaired) electrons. The maximum Gasteiger partial charge on any atom is 0.251 e. The number of hydrogen-bond donors (Lipinski definition) is 2. The largest absolute Gasteiger partial charge is 0.386 e. The predicted molar refractivity (Wildman–Crippen MR) is 64.2 cm³/mol. The van der Waals surface area contributed by atoms with Crippen LogP contribution in [0.4, 0.5) is 0 Å². The number of hydrogen-bond acceptors (Lipinski definition) is 3. The minimum absolute atomic E-state index is 0.203. The Bertz CT molecular complexity index is 399. The van der Waals surface area contributed by atoms with Gasteiger partial charge in [0.1, 0.15) is 5.60 Å². The summed E-state index contributed by atoms with van der Waals surface area (Å²) in [5.74, 6) is -0.220. The van der Waals surface area contributed by atoms with Crippen LogP contribution in [-0.4, -0.2) is 36.4 Å². The molecular formula is C12H14ClNO3. The van der Waals surface area contributed by atoms with Crippen molar-refractivity contribution in [3.63, 3.8) is 0 Å². The summed E-state index contributed by atoms with van der Waals surface area (Å²) < 4.78 is 5.10. The lowest BCUT2D eigenvalue weighted by Gasteiger charge is -2.20. The van der Waals surface area contributed by atoms with E-state index in [1.54, 1.807) is 24.3 Å². The van der Waals surface area contributed by atoms with Crippen molar-refractivity contribution in [2.24, 2.45) is 0 Å². The Labute approximate surface area is 105 Å². The minimum atomic E-state index is -0.928. The van der Waals surface area contributed by atoms with Gasteiger partial charge in [0.05, 0.1) is 6.61 Å². The standard InChI is InChI=1S/C12H14ClNO3/c13-10-3-1-9(2-4-10)11(15)14-7-12(16)5-6-17-8-12/h1-4,16H,5-8H2,(H,14,15)/t12-/m0/s1. The third kappa shape index (κ3) is 3.19. The van der Waals surface area contributed by atoms with Crippen LogP contribution in [0, 0.1) is 0 Å². The molecule has 0 spiro atoms. The van der Waals surface area contributed by atoms with Crippen LogP contribution in [0.25, 0.3) is 0 Å². The summed E-state index contributed by atoms with van der Waals surface area (Å²) in [5.41, 5.74) is -0.404. The number of carbonyl (C=O) groups excluding carboxylic acids is 1. The molecule has 92 valence electrons. The predicted octanol–water partition coefficient (Wildman–Crippen LogP) is 1.22. The first kappa shape index (κ1) is 12.4. The van der Waals surface area contributed by atoms with Crippen molar-refractivity contribution in [3.05, 3.63) is 34.9 Å². The smallest absolute Gasteiger partial charge is 0.251 e. The average molecular weight is 256 g/mol. The third-order valence-corrected chi connectivity index (χ3v) is 3.02. The molecule has 1 fully saturated rings. The van der Waals surface area contributed by atoms with E-state index < -0.39 is 5.60 Å². The highest BCUT2D eigenvalue weighted by atomic mass is 35.5. The molecule has 1 heterocycles. The van der Waals surface area contributed by atoms with E-state index in [0.29, 0.717) is 23.6 Å². The lowest BCUT2D eigenvalue weighted by Crippen LogP contribution is -2.43. The Kier molecular flexibility index (Phi) is 3.66. The Morgan fingerprint density at radius 3 is 2.76 bits per heavy atom. The van der Waals surface area contributed by atoms with Crippen molar-refractivity contribution in [2.75, 3.05) is 19.8 Å². The molecule has 1 aliphatic rings. The molecule has 2 rings (SSSR count). The normalized spacial score (nSPS) is 23.6. The Morgan fingerprint density at radius 2 is 2.18 bits per heavy atom. The van der Waals surface area contributed by atoms with Crippen LogP contribution in [0.2, 0.25) is 5.02 Å². The summed E-state index contributed by atoms with van der Waals surface area (Å²) in [6.45, 7) is 1.01. The molecule has 1 saturated heterocycles. The molecule has 1 aliphatic heterocycles. The molecule has 1 aromatic carbocycles. The molecular weight excluding hydrogens is 242 g/mol. The fraction of sp³-hybridized carbons (Fsp3) is 0.417. The highest BCUT2D eigenvalue weighted by molar-refractivity contribution is 6.30. The molecule has 0 aliphatic carbocycles. The van der Waals surface area contributed by atoms with Crippen molar-refractivity contribution < 1.29 is 14.6 Å². The van der Waals surface area contributed by atoms with E-state index in [4.69, 9.17) is 16.3 Å². The maximum atomic E-state index is 11.7. The summed E-state index contributed by atoms with van der Waals surface area (Å²) in [7, 11) is 0. The number of aliphatic hydroxyl groups is 1. The van der Waals surface area contributed by atoms with E-state index in [1.807, 2.05) is 0 Å². The second-order valence-electron chi connectivity index (χ2n) is 4.22. The topological polar surface area (TPSA) is 58.6 Å². The number of amides is 1. The summed E-state index contributed by atoms with van der Waals surface area (Å²) >= 11 is 5.73. The zero-order chi connectivity index (χ0) is 12.3. The van der Waals surface area contributed by atoms with Crippen LogP contribution in [0.3, 0.4) is 0 Å². The van der Waals surface area contributed by atoms with Gasteiger partial charge in [0.15, 0.2) is 0 Å². The van der Waals surface area contributed by atoms with Crippen LogP contribution in [0.1, 0.15) is 16.8 Å². The molecule has 0 aromatic heterocycles. The summed E-state index contributed by atoms with van der Waals surface area (Å²) in [5, 5.41) is 13.2. The Morgan fingerprint density at radius 1 is 1.47 bits per heavy atom. The average Bonchev–Trinajstić information content (AvgIpc) is 2.75. The van der Waals surface area contributed by atoms with Gasteiger partial charge in [-0.05, 0) is 24.3 Å². The van der Waals surface area contributed by atoms with Crippen LogP contribution in [0.15, 0.2) is 24.3 Å². The molecule has 2 N–H and O–H groups in total. The highest BCUT2D eigenvalue weighted by Crippen LogP contribution is 2.17. The summed E-state index contributed by atoms with van der Waals surface area (Å²) in [6.07, 6.45) is 0.550. The van der Waals surface area contributed by atoms with Crippen molar-refractivity contribution in [3.8, 4) is 0 Å². The van der Waals surface area contributed by atoms with Gasteiger partial charge < -0.3 is 15.2 Å². The van der Waals surface area contributed by atoms with Gasteiger partial charge in [0.25, 0.3) is 5.91 Å². The van der Waals surface area contributed by atoms with Crippen LogP contribution >= 0.6 is 11.6 Å². The van der Waals surface area contributed by atoms with E-state index in [9.17, 15) is 9.90 Å². The molecule has 0 unspecified atom stereocenters. The van der Waals surface area contributed by atoms with Crippen LogP contribution in [-0.2, 0) is 4.74 Å². The van der Waals surface area contributed by atoms with E-state index in [1.165, 1.54) is 0 Å². The highest BCUT2D eigenvalue weighted by Gasteiger charge is 2.32. The van der Waals surface area contributed by atoms with Crippen molar-refractivity contribution in [2.45, 2.75) is 12.0 Å². The number of nitrogens with one attached hydrogen (secondary N) is 1. The fourth-order valence-electron chi connectivity index (χ4n) is 1.68. The molecule has 1 amide bonds. The van der Waals surface area contributed by atoms with Gasteiger partial charge >= 0.3 is 0 Å². The molecule has 4 nitrogen and oxygen atoms in total. The number of halogens is 1.